The van der Waals surface area contributed by atoms with Crippen LogP contribution in [0.2, 0.25) is 0 Å². The highest BCUT2D eigenvalue weighted by Gasteiger charge is 2.06. The van der Waals surface area contributed by atoms with Crippen molar-refractivity contribution in [3.8, 4) is 0 Å². The van der Waals surface area contributed by atoms with Gasteiger partial charge in [-0.15, -0.1) is 0 Å². The van der Waals surface area contributed by atoms with Crippen molar-refractivity contribution < 1.29 is 8.42 Å². The van der Waals surface area contributed by atoms with Crippen LogP contribution < -0.4 is 5.32 Å². The highest BCUT2D eigenvalue weighted by atomic mass is 32.2. The lowest BCUT2D eigenvalue weighted by molar-refractivity contribution is 0.330. The molecule has 0 fully saturated rings. The highest BCUT2D eigenvalue weighted by molar-refractivity contribution is 7.90. The topological polar surface area (TPSA) is 49.4 Å². The molecule has 0 saturated heterocycles. The smallest absolute Gasteiger partial charge is 0.148 e. The van der Waals surface area contributed by atoms with Crippen molar-refractivity contribution in [3.05, 3.63) is 0 Å². The maximum atomic E-state index is 10.9. The molecule has 0 aliphatic carbocycles. The van der Waals surface area contributed by atoms with E-state index in [4.69, 9.17) is 0 Å². The monoisotopic (exact) mass is 222 g/mol. The van der Waals surface area contributed by atoms with Gasteiger partial charge in [0.2, 0.25) is 0 Å². The summed E-state index contributed by atoms with van der Waals surface area (Å²) in [6.45, 7) is 3.66. The van der Waals surface area contributed by atoms with Gasteiger partial charge < -0.3 is 10.2 Å². The van der Waals surface area contributed by atoms with Crippen molar-refractivity contribution in [2.24, 2.45) is 0 Å². The van der Waals surface area contributed by atoms with E-state index in [-0.39, 0.29) is 5.75 Å². The Kier molecular flexibility index (Phi) is 6.31. The summed E-state index contributed by atoms with van der Waals surface area (Å²) in [6.07, 6.45) is 2.31. The Morgan fingerprint density at radius 2 is 1.93 bits per heavy atom. The molecule has 4 nitrogen and oxygen atoms in total. The summed E-state index contributed by atoms with van der Waals surface area (Å²) in [4.78, 5) is 2.05. The zero-order valence-corrected chi connectivity index (χ0v) is 10.4. The third-order valence-electron chi connectivity index (χ3n) is 2.28. The van der Waals surface area contributed by atoms with E-state index < -0.39 is 9.84 Å². The molecule has 5 heteroatoms. The molecule has 0 aromatic carbocycles. The molecular weight excluding hydrogens is 200 g/mol. The largest absolute Gasteiger partial charge is 0.317 e. The Bertz CT molecular complexity index is 239. The standard InChI is InChI=1S/C9H22N2O2S/c1-9(10-2)5-6-11(3)7-8-14(4,12)13/h9-10H,5-8H2,1-4H3. The van der Waals surface area contributed by atoms with Crippen LogP contribution in [0.4, 0.5) is 0 Å². The summed E-state index contributed by atoms with van der Waals surface area (Å²) in [5.41, 5.74) is 0. The summed E-state index contributed by atoms with van der Waals surface area (Å²) < 4.78 is 21.8. The van der Waals surface area contributed by atoms with E-state index in [0.29, 0.717) is 12.6 Å². The van der Waals surface area contributed by atoms with Crippen molar-refractivity contribution in [2.75, 3.05) is 39.2 Å². The molecule has 1 unspecified atom stereocenters. The predicted molar refractivity (Wildman–Crippen MR) is 60.3 cm³/mol. The first-order chi connectivity index (χ1) is 6.35. The Balaban J connectivity index is 3.61. The van der Waals surface area contributed by atoms with E-state index in [1.54, 1.807) is 0 Å². The van der Waals surface area contributed by atoms with E-state index in [0.717, 1.165) is 13.0 Å². The van der Waals surface area contributed by atoms with E-state index in [2.05, 4.69) is 17.1 Å². The molecule has 0 amide bonds. The minimum Gasteiger partial charge on any atom is -0.317 e. The maximum absolute atomic E-state index is 10.9. The van der Waals surface area contributed by atoms with Gasteiger partial charge in [0.15, 0.2) is 0 Å². The lowest BCUT2D eigenvalue weighted by Crippen LogP contribution is -2.31. The molecule has 0 aliphatic rings. The van der Waals surface area contributed by atoms with E-state index >= 15 is 0 Å². The van der Waals surface area contributed by atoms with Gasteiger partial charge in [0.1, 0.15) is 9.84 Å². The molecule has 0 aromatic heterocycles. The first kappa shape index (κ1) is 13.9. The number of nitrogens with zero attached hydrogens (tertiary/aromatic N) is 1. The molecule has 0 spiro atoms. The Morgan fingerprint density at radius 3 is 2.36 bits per heavy atom. The SMILES string of the molecule is CNC(C)CCN(C)CCS(C)(=O)=O. The molecule has 0 radical (unpaired) electrons. The zero-order chi connectivity index (χ0) is 11.2. The van der Waals surface area contributed by atoms with Crippen LogP contribution in [-0.2, 0) is 9.84 Å². The third kappa shape index (κ3) is 8.47. The third-order valence-corrected chi connectivity index (χ3v) is 3.20. The number of rotatable bonds is 7. The van der Waals surface area contributed by atoms with Gasteiger partial charge in [-0.2, -0.15) is 0 Å². The average molecular weight is 222 g/mol. The fourth-order valence-corrected chi connectivity index (χ4v) is 1.64. The normalized spacial score (nSPS) is 14.6. The van der Waals surface area contributed by atoms with Crippen LogP contribution in [0, 0.1) is 0 Å². The molecule has 14 heavy (non-hydrogen) atoms. The predicted octanol–water partition coefficient (Wildman–Crippen LogP) is -0.0392. The molecule has 0 rings (SSSR count). The fraction of sp³-hybridized carbons (Fsp3) is 1.00. The van der Waals surface area contributed by atoms with Crippen LogP contribution in [0.15, 0.2) is 0 Å². The van der Waals surface area contributed by atoms with E-state index in [1.165, 1.54) is 6.26 Å². The van der Waals surface area contributed by atoms with Crippen LogP contribution in [-0.4, -0.2) is 58.6 Å². The minimum atomic E-state index is -2.82. The lowest BCUT2D eigenvalue weighted by atomic mass is 10.2. The van der Waals surface area contributed by atoms with Gasteiger partial charge in [0, 0.05) is 18.8 Å². The zero-order valence-electron chi connectivity index (χ0n) is 9.58. The summed E-state index contributed by atoms with van der Waals surface area (Å²) >= 11 is 0. The van der Waals surface area contributed by atoms with Crippen LogP contribution >= 0.6 is 0 Å². The van der Waals surface area contributed by atoms with Crippen molar-refractivity contribution in [1.82, 2.24) is 10.2 Å². The van der Waals surface area contributed by atoms with Crippen LogP contribution in [0.25, 0.3) is 0 Å². The number of sulfone groups is 1. The van der Waals surface area contributed by atoms with Gasteiger partial charge in [0.25, 0.3) is 0 Å². The number of hydrogen-bond acceptors (Lipinski definition) is 4. The first-order valence-corrected chi connectivity index (χ1v) is 6.94. The van der Waals surface area contributed by atoms with Gasteiger partial charge >= 0.3 is 0 Å². The summed E-state index contributed by atoms with van der Waals surface area (Å²) in [6, 6.07) is 0.482. The highest BCUT2D eigenvalue weighted by Crippen LogP contribution is 1.94. The fourth-order valence-electron chi connectivity index (χ4n) is 0.992. The van der Waals surface area contributed by atoms with Crippen molar-refractivity contribution in [3.63, 3.8) is 0 Å². The quantitative estimate of drug-likeness (QED) is 0.657. The average Bonchev–Trinajstić information content (AvgIpc) is 2.09. The van der Waals surface area contributed by atoms with Crippen molar-refractivity contribution in [1.29, 1.82) is 0 Å². The second kappa shape index (κ2) is 6.37. The molecule has 86 valence electrons. The van der Waals surface area contributed by atoms with Crippen LogP contribution in [0.3, 0.4) is 0 Å². The molecular formula is C9H22N2O2S. The summed E-state index contributed by atoms with van der Waals surface area (Å²) in [5, 5.41) is 3.15. The Labute approximate surface area is 87.6 Å². The van der Waals surface area contributed by atoms with Gasteiger partial charge in [-0.1, -0.05) is 0 Å². The molecule has 0 saturated carbocycles. The minimum absolute atomic E-state index is 0.247. The van der Waals surface area contributed by atoms with Gasteiger partial charge in [0.05, 0.1) is 5.75 Å². The number of hydrogen-bond donors (Lipinski definition) is 1. The maximum Gasteiger partial charge on any atom is 0.148 e. The number of nitrogens with one attached hydrogen (secondary N) is 1. The first-order valence-electron chi connectivity index (χ1n) is 4.88. The van der Waals surface area contributed by atoms with Gasteiger partial charge in [-0.05, 0) is 34.0 Å². The summed E-state index contributed by atoms with van der Waals surface area (Å²) in [7, 11) is 1.06. The van der Waals surface area contributed by atoms with Crippen molar-refractivity contribution in [2.45, 2.75) is 19.4 Å². The second-order valence-electron chi connectivity index (χ2n) is 3.91. The Morgan fingerprint density at radius 1 is 1.36 bits per heavy atom. The van der Waals surface area contributed by atoms with Crippen LogP contribution in [0.5, 0.6) is 0 Å². The Hall–Kier alpha value is -0.130. The molecule has 0 bridgehead atoms. The molecule has 1 N–H and O–H groups in total. The molecule has 1 atom stereocenters. The molecule has 0 aliphatic heterocycles. The second-order valence-corrected chi connectivity index (χ2v) is 6.17. The molecule has 0 aromatic rings. The van der Waals surface area contributed by atoms with E-state index in [1.807, 2.05) is 14.1 Å². The van der Waals surface area contributed by atoms with Crippen LogP contribution in [0.1, 0.15) is 13.3 Å². The summed E-state index contributed by atoms with van der Waals surface area (Å²) in [5.74, 6) is 0.247. The molecule has 0 heterocycles. The van der Waals surface area contributed by atoms with E-state index in [9.17, 15) is 8.42 Å². The lowest BCUT2D eigenvalue weighted by Gasteiger charge is -2.18. The van der Waals surface area contributed by atoms with Gasteiger partial charge in [-0.25, -0.2) is 8.42 Å². The van der Waals surface area contributed by atoms with Gasteiger partial charge in [-0.3, -0.25) is 0 Å². The van der Waals surface area contributed by atoms with Crippen molar-refractivity contribution >= 4 is 9.84 Å².